The van der Waals surface area contributed by atoms with Crippen molar-refractivity contribution in [1.82, 2.24) is 35.3 Å². The van der Waals surface area contributed by atoms with E-state index in [1.807, 2.05) is 31.2 Å². The Morgan fingerprint density at radius 1 is 1.14 bits per heavy atom. The van der Waals surface area contributed by atoms with Crippen LogP contribution in [0.1, 0.15) is 28.7 Å². The highest BCUT2D eigenvalue weighted by Crippen LogP contribution is 2.18. The van der Waals surface area contributed by atoms with Crippen LogP contribution in [0, 0.1) is 0 Å². The number of hydrogen-bond donors (Lipinski definition) is 2. The van der Waals surface area contributed by atoms with Gasteiger partial charge in [0.05, 0.1) is 18.1 Å². The lowest BCUT2D eigenvalue weighted by molar-refractivity contribution is 0.0946. The summed E-state index contributed by atoms with van der Waals surface area (Å²) in [6, 6.07) is 7.79. The topological polar surface area (TPSA) is 124 Å². The molecule has 28 heavy (non-hydrogen) atoms. The Labute approximate surface area is 160 Å². The molecule has 140 valence electrons. The Morgan fingerprint density at radius 2 is 1.96 bits per heavy atom. The molecule has 9 nitrogen and oxygen atoms in total. The first-order valence-corrected chi connectivity index (χ1v) is 8.80. The third-order valence-electron chi connectivity index (χ3n) is 4.34. The fourth-order valence-electron chi connectivity index (χ4n) is 2.97. The van der Waals surface area contributed by atoms with E-state index in [1.54, 1.807) is 12.4 Å². The molecule has 0 aliphatic heterocycles. The van der Waals surface area contributed by atoms with E-state index < -0.39 is 0 Å². The van der Waals surface area contributed by atoms with Crippen molar-refractivity contribution in [3.63, 3.8) is 0 Å². The minimum Gasteiger partial charge on any atom is -0.382 e. The van der Waals surface area contributed by atoms with Gasteiger partial charge in [0.1, 0.15) is 0 Å². The largest absolute Gasteiger partial charge is 0.382 e. The first kappa shape index (κ1) is 17.5. The summed E-state index contributed by atoms with van der Waals surface area (Å²) in [5.41, 5.74) is 7.66. The number of aryl methyl sites for hydroxylation is 1. The molecule has 0 atom stereocenters. The van der Waals surface area contributed by atoms with E-state index in [0.29, 0.717) is 24.5 Å². The van der Waals surface area contributed by atoms with E-state index in [0.717, 1.165) is 16.3 Å². The van der Waals surface area contributed by atoms with E-state index in [9.17, 15) is 4.79 Å². The fourth-order valence-corrected chi connectivity index (χ4v) is 2.97. The first-order chi connectivity index (χ1) is 13.7. The van der Waals surface area contributed by atoms with E-state index in [1.165, 1.54) is 17.2 Å². The number of aromatic nitrogens is 6. The van der Waals surface area contributed by atoms with Gasteiger partial charge in [-0.1, -0.05) is 25.1 Å². The highest BCUT2D eigenvalue weighted by molar-refractivity contribution is 5.96. The molecular weight excluding hydrogens is 356 g/mol. The number of nitrogens with one attached hydrogen (secondary N) is 1. The summed E-state index contributed by atoms with van der Waals surface area (Å²) in [5.74, 6) is 0.0676. The number of rotatable bonds is 5. The molecule has 0 saturated heterocycles. The van der Waals surface area contributed by atoms with Crippen molar-refractivity contribution < 1.29 is 4.79 Å². The van der Waals surface area contributed by atoms with Gasteiger partial charge in [0.2, 0.25) is 0 Å². The lowest BCUT2D eigenvalue weighted by atomic mass is 10.1. The second-order valence-corrected chi connectivity index (χ2v) is 6.10. The molecule has 1 amide bonds. The lowest BCUT2D eigenvalue weighted by Gasteiger charge is -2.11. The summed E-state index contributed by atoms with van der Waals surface area (Å²) in [6.45, 7) is 2.25. The molecular formula is C19H18N8O. The summed E-state index contributed by atoms with van der Waals surface area (Å²) in [5, 5.41) is 13.0. The van der Waals surface area contributed by atoms with E-state index >= 15 is 0 Å². The molecule has 0 spiro atoms. The second-order valence-electron chi connectivity index (χ2n) is 6.10. The monoisotopic (exact) mass is 374 g/mol. The van der Waals surface area contributed by atoms with Crippen molar-refractivity contribution in [3.05, 3.63) is 66.0 Å². The van der Waals surface area contributed by atoms with Crippen LogP contribution in [0.2, 0.25) is 0 Å². The van der Waals surface area contributed by atoms with Gasteiger partial charge in [0, 0.05) is 24.3 Å². The van der Waals surface area contributed by atoms with E-state index in [2.05, 4.69) is 30.5 Å². The molecule has 3 heterocycles. The van der Waals surface area contributed by atoms with Gasteiger partial charge < -0.3 is 11.1 Å². The fraction of sp³-hybridized carbons (Fsp3) is 0.158. The average Bonchev–Trinajstić information content (AvgIpc) is 3.26. The van der Waals surface area contributed by atoms with Gasteiger partial charge >= 0.3 is 0 Å². The Kier molecular flexibility index (Phi) is 4.63. The normalized spacial score (nSPS) is 10.9. The van der Waals surface area contributed by atoms with Crippen LogP contribution < -0.4 is 11.1 Å². The maximum absolute atomic E-state index is 12.7. The van der Waals surface area contributed by atoms with Crippen molar-refractivity contribution in [1.29, 1.82) is 0 Å². The number of carbonyl (C=O) groups excluding carboxylic acids is 1. The van der Waals surface area contributed by atoms with Crippen LogP contribution in [0.15, 0.2) is 49.1 Å². The Morgan fingerprint density at radius 3 is 2.75 bits per heavy atom. The standard InChI is InChI=1S/C19H18N8O/c1-2-15-18(27-23-8-9-24-27)26-17(20)16(25-15)19(28)22-11-13-5-3-4-12-10-21-7-6-14(12)13/h3-10H,2,11H2,1H3,(H2,20,26)(H,22,28). The van der Waals surface area contributed by atoms with Gasteiger partial charge in [0.25, 0.3) is 5.91 Å². The molecule has 0 saturated carbocycles. The number of nitrogens with zero attached hydrogens (tertiary/aromatic N) is 6. The van der Waals surface area contributed by atoms with Crippen LogP contribution in [0.5, 0.6) is 0 Å². The SMILES string of the molecule is CCc1nc(C(=O)NCc2cccc3cnccc23)c(N)nc1-n1nccn1. The molecule has 0 aliphatic carbocycles. The average molecular weight is 374 g/mol. The van der Waals surface area contributed by atoms with E-state index in [4.69, 9.17) is 5.73 Å². The van der Waals surface area contributed by atoms with Crippen molar-refractivity contribution in [3.8, 4) is 5.82 Å². The van der Waals surface area contributed by atoms with Crippen molar-refractivity contribution >= 4 is 22.5 Å². The zero-order valence-electron chi connectivity index (χ0n) is 15.2. The molecule has 0 radical (unpaired) electrons. The first-order valence-electron chi connectivity index (χ1n) is 8.80. The Hall–Kier alpha value is -3.88. The number of anilines is 1. The lowest BCUT2D eigenvalue weighted by Crippen LogP contribution is -2.26. The smallest absolute Gasteiger partial charge is 0.274 e. The predicted octanol–water partition coefficient (Wildman–Crippen LogP) is 1.68. The van der Waals surface area contributed by atoms with Crippen LogP contribution in [-0.2, 0) is 13.0 Å². The van der Waals surface area contributed by atoms with Gasteiger partial charge in [-0.25, -0.2) is 9.97 Å². The maximum atomic E-state index is 12.7. The van der Waals surface area contributed by atoms with Crippen LogP contribution in [0.3, 0.4) is 0 Å². The summed E-state index contributed by atoms with van der Waals surface area (Å²) >= 11 is 0. The molecule has 9 heteroatoms. The maximum Gasteiger partial charge on any atom is 0.274 e. The summed E-state index contributed by atoms with van der Waals surface area (Å²) < 4.78 is 0. The highest BCUT2D eigenvalue weighted by Gasteiger charge is 2.18. The van der Waals surface area contributed by atoms with Crippen LogP contribution in [0.25, 0.3) is 16.6 Å². The number of fused-ring (bicyclic) bond motifs is 1. The summed E-state index contributed by atoms with van der Waals surface area (Å²) in [4.78, 5) is 26.9. The van der Waals surface area contributed by atoms with Crippen molar-refractivity contribution in [2.45, 2.75) is 19.9 Å². The van der Waals surface area contributed by atoms with E-state index in [-0.39, 0.29) is 17.4 Å². The molecule has 3 aromatic heterocycles. The second kappa shape index (κ2) is 7.39. The minimum atomic E-state index is -0.384. The van der Waals surface area contributed by atoms with Crippen molar-refractivity contribution in [2.24, 2.45) is 0 Å². The zero-order valence-corrected chi connectivity index (χ0v) is 15.2. The van der Waals surface area contributed by atoms with Gasteiger partial charge in [-0.2, -0.15) is 10.2 Å². The third-order valence-corrected chi connectivity index (χ3v) is 4.34. The van der Waals surface area contributed by atoms with Crippen molar-refractivity contribution in [2.75, 3.05) is 5.73 Å². The Balaban J connectivity index is 1.60. The predicted molar refractivity (Wildman–Crippen MR) is 104 cm³/mol. The number of nitrogens with two attached hydrogens (primary N) is 1. The van der Waals surface area contributed by atoms with Gasteiger partial charge in [-0.15, -0.1) is 4.80 Å². The number of benzene rings is 1. The van der Waals surface area contributed by atoms with Crippen LogP contribution in [0.4, 0.5) is 5.82 Å². The molecule has 4 aromatic rings. The van der Waals surface area contributed by atoms with Crippen LogP contribution >= 0.6 is 0 Å². The molecule has 4 rings (SSSR count). The number of amides is 1. The molecule has 3 N–H and O–H groups in total. The molecule has 1 aromatic carbocycles. The van der Waals surface area contributed by atoms with Crippen LogP contribution in [-0.4, -0.2) is 35.9 Å². The number of pyridine rings is 1. The molecule has 0 fully saturated rings. The highest BCUT2D eigenvalue weighted by atomic mass is 16.1. The van der Waals surface area contributed by atoms with Gasteiger partial charge in [-0.3, -0.25) is 9.78 Å². The molecule has 0 aliphatic rings. The number of carbonyl (C=O) groups is 1. The minimum absolute atomic E-state index is 0.0316. The molecule has 0 unspecified atom stereocenters. The van der Waals surface area contributed by atoms with Gasteiger partial charge in [-0.05, 0) is 23.4 Å². The molecule has 0 bridgehead atoms. The quantitative estimate of drug-likeness (QED) is 0.544. The van der Waals surface area contributed by atoms with Gasteiger partial charge in [0.15, 0.2) is 17.3 Å². The zero-order chi connectivity index (χ0) is 19.5. The summed E-state index contributed by atoms with van der Waals surface area (Å²) in [7, 11) is 0. The third kappa shape index (κ3) is 3.25. The number of nitrogen functional groups attached to an aromatic ring is 1. The Bertz CT molecular complexity index is 1130. The number of hydrogen-bond acceptors (Lipinski definition) is 7. The summed E-state index contributed by atoms with van der Waals surface area (Å²) in [6.07, 6.45) is 7.16.